The predicted molar refractivity (Wildman–Crippen MR) is 98.7 cm³/mol. The molecule has 0 saturated heterocycles. The topological polar surface area (TPSA) is 105 Å². The van der Waals surface area contributed by atoms with Crippen molar-refractivity contribution in [2.45, 2.75) is 17.7 Å². The summed E-state index contributed by atoms with van der Waals surface area (Å²) in [4.78, 5) is 17.8. The van der Waals surface area contributed by atoms with E-state index in [0.29, 0.717) is 11.0 Å². The summed E-state index contributed by atoms with van der Waals surface area (Å²) in [7, 11) is -3.83. The van der Waals surface area contributed by atoms with Gasteiger partial charge in [0.2, 0.25) is 15.9 Å². The maximum atomic E-state index is 12.4. The standard InChI is InChI=1S/C16H17BrN4O3S/c17-12-9-14(16(18)19-10-12)25(23,24)20-7-5-15(22)21-8-6-11-3-1-2-4-13(11)21/h1-4,9-10,20H,5-8H2,(H2,18,19). The molecule has 1 aliphatic heterocycles. The van der Waals surface area contributed by atoms with E-state index in [1.54, 1.807) is 4.90 Å². The molecule has 9 heteroatoms. The number of hydrogen-bond acceptors (Lipinski definition) is 5. The number of pyridine rings is 1. The second kappa shape index (κ2) is 7.11. The molecule has 132 valence electrons. The van der Waals surface area contributed by atoms with E-state index >= 15 is 0 Å². The molecule has 2 heterocycles. The van der Waals surface area contributed by atoms with E-state index in [0.717, 1.165) is 17.7 Å². The van der Waals surface area contributed by atoms with Crippen molar-refractivity contribution in [3.63, 3.8) is 0 Å². The number of benzene rings is 1. The molecule has 1 amide bonds. The summed E-state index contributed by atoms with van der Waals surface area (Å²) in [5.74, 6) is -0.205. The minimum Gasteiger partial charge on any atom is -0.383 e. The van der Waals surface area contributed by atoms with Gasteiger partial charge in [-0.15, -0.1) is 0 Å². The molecule has 3 N–H and O–H groups in total. The quantitative estimate of drug-likeness (QED) is 0.759. The van der Waals surface area contributed by atoms with Crippen molar-refractivity contribution in [1.82, 2.24) is 9.71 Å². The zero-order valence-corrected chi connectivity index (χ0v) is 15.7. The first kappa shape index (κ1) is 17.8. The van der Waals surface area contributed by atoms with Crippen molar-refractivity contribution >= 4 is 43.4 Å². The highest BCUT2D eigenvalue weighted by Gasteiger charge is 2.25. The van der Waals surface area contributed by atoms with Gasteiger partial charge in [-0.1, -0.05) is 18.2 Å². The highest BCUT2D eigenvalue weighted by Crippen LogP contribution is 2.27. The number of nitrogens with one attached hydrogen (secondary N) is 1. The molecular formula is C16H17BrN4O3S. The Labute approximate surface area is 154 Å². The molecule has 1 aromatic heterocycles. The number of nitrogens with two attached hydrogens (primary N) is 1. The Morgan fingerprint density at radius 2 is 2.12 bits per heavy atom. The first-order valence-electron chi connectivity index (χ1n) is 7.67. The Balaban J connectivity index is 1.63. The second-order valence-corrected chi connectivity index (χ2v) is 8.26. The van der Waals surface area contributed by atoms with E-state index in [-0.39, 0.29) is 29.6 Å². The van der Waals surface area contributed by atoms with Gasteiger partial charge in [-0.3, -0.25) is 4.79 Å². The Hall–Kier alpha value is -1.97. The number of aromatic nitrogens is 1. The number of carbonyl (C=O) groups is 1. The molecule has 25 heavy (non-hydrogen) atoms. The van der Waals surface area contributed by atoms with E-state index < -0.39 is 10.0 Å². The minimum atomic E-state index is -3.83. The van der Waals surface area contributed by atoms with Crippen molar-refractivity contribution in [3.05, 3.63) is 46.6 Å². The number of nitrogens with zero attached hydrogens (tertiary/aromatic N) is 2. The summed E-state index contributed by atoms with van der Waals surface area (Å²) in [5, 5.41) is 0. The summed E-state index contributed by atoms with van der Waals surface area (Å²) < 4.78 is 27.6. The monoisotopic (exact) mass is 424 g/mol. The number of hydrogen-bond donors (Lipinski definition) is 2. The Kier molecular flexibility index (Phi) is 5.07. The van der Waals surface area contributed by atoms with Crippen LogP contribution in [0.25, 0.3) is 0 Å². The van der Waals surface area contributed by atoms with Crippen LogP contribution in [-0.2, 0) is 21.2 Å². The van der Waals surface area contributed by atoms with Gasteiger partial charge >= 0.3 is 0 Å². The number of carbonyl (C=O) groups excluding carboxylic acids is 1. The minimum absolute atomic E-state index is 0.00815. The van der Waals surface area contributed by atoms with Crippen LogP contribution in [0.15, 0.2) is 45.9 Å². The van der Waals surface area contributed by atoms with E-state index in [1.807, 2.05) is 24.3 Å². The first-order chi connectivity index (χ1) is 11.9. The van der Waals surface area contributed by atoms with E-state index in [1.165, 1.54) is 12.3 Å². The van der Waals surface area contributed by atoms with Gasteiger partial charge in [0.15, 0.2) is 0 Å². The maximum absolute atomic E-state index is 12.4. The van der Waals surface area contributed by atoms with Crippen LogP contribution in [-0.4, -0.2) is 32.4 Å². The molecule has 0 aliphatic carbocycles. The largest absolute Gasteiger partial charge is 0.383 e. The van der Waals surface area contributed by atoms with Gasteiger partial charge in [0, 0.05) is 35.9 Å². The van der Waals surface area contributed by atoms with Crippen molar-refractivity contribution in [3.8, 4) is 0 Å². The lowest BCUT2D eigenvalue weighted by Gasteiger charge is -2.17. The molecular weight excluding hydrogens is 408 g/mol. The molecule has 0 bridgehead atoms. The summed E-state index contributed by atoms with van der Waals surface area (Å²) in [6.45, 7) is 0.610. The van der Waals surface area contributed by atoms with Gasteiger partial charge in [0.25, 0.3) is 0 Å². The van der Waals surface area contributed by atoms with Gasteiger partial charge in [-0.25, -0.2) is 18.1 Å². The zero-order chi connectivity index (χ0) is 18.0. The van der Waals surface area contributed by atoms with Gasteiger partial charge in [-0.05, 0) is 40.0 Å². The second-order valence-electron chi connectivity index (χ2n) is 5.61. The zero-order valence-electron chi connectivity index (χ0n) is 13.3. The molecule has 1 aromatic carbocycles. The lowest BCUT2D eigenvalue weighted by atomic mass is 10.2. The molecule has 0 spiro atoms. The Morgan fingerprint density at radius 3 is 2.92 bits per heavy atom. The van der Waals surface area contributed by atoms with E-state index in [9.17, 15) is 13.2 Å². The summed E-state index contributed by atoms with van der Waals surface area (Å²) >= 11 is 3.17. The van der Waals surface area contributed by atoms with Crippen LogP contribution in [0.5, 0.6) is 0 Å². The summed E-state index contributed by atoms with van der Waals surface area (Å²) in [6.07, 6.45) is 2.30. The van der Waals surface area contributed by atoms with Gasteiger partial charge in [0.05, 0.1) is 0 Å². The number of amides is 1. The molecule has 0 unspecified atom stereocenters. The lowest BCUT2D eigenvalue weighted by Crippen LogP contribution is -2.33. The SMILES string of the molecule is Nc1ncc(Br)cc1S(=O)(=O)NCCC(=O)N1CCc2ccccc21. The lowest BCUT2D eigenvalue weighted by molar-refractivity contribution is -0.118. The maximum Gasteiger partial charge on any atom is 0.244 e. The van der Waals surface area contributed by atoms with Crippen LogP contribution in [0, 0.1) is 0 Å². The van der Waals surface area contributed by atoms with E-state index in [2.05, 4.69) is 25.6 Å². The van der Waals surface area contributed by atoms with Gasteiger partial charge < -0.3 is 10.6 Å². The van der Waals surface area contributed by atoms with Crippen molar-refractivity contribution < 1.29 is 13.2 Å². The Bertz CT molecular complexity index is 917. The summed E-state index contributed by atoms with van der Waals surface area (Å²) in [5.41, 5.74) is 7.66. The molecule has 0 saturated carbocycles. The molecule has 0 atom stereocenters. The fourth-order valence-corrected chi connectivity index (χ4v) is 4.37. The average Bonchev–Trinajstić information content (AvgIpc) is 3.01. The number of para-hydroxylation sites is 1. The molecule has 0 radical (unpaired) electrons. The molecule has 1 aliphatic rings. The Morgan fingerprint density at radius 1 is 1.36 bits per heavy atom. The first-order valence-corrected chi connectivity index (χ1v) is 9.95. The number of nitrogen functional groups attached to an aromatic ring is 1. The molecule has 3 rings (SSSR count). The third kappa shape index (κ3) is 3.83. The van der Waals surface area contributed by atoms with Crippen molar-refractivity contribution in [2.24, 2.45) is 0 Å². The number of fused-ring (bicyclic) bond motifs is 1. The van der Waals surface area contributed by atoms with Crippen LogP contribution in [0.1, 0.15) is 12.0 Å². The van der Waals surface area contributed by atoms with Crippen LogP contribution in [0.3, 0.4) is 0 Å². The third-order valence-electron chi connectivity index (χ3n) is 3.96. The molecule has 0 fully saturated rings. The van der Waals surface area contributed by atoms with Crippen molar-refractivity contribution in [2.75, 3.05) is 23.7 Å². The smallest absolute Gasteiger partial charge is 0.244 e. The highest BCUT2D eigenvalue weighted by atomic mass is 79.9. The van der Waals surface area contributed by atoms with Crippen LogP contribution < -0.4 is 15.4 Å². The van der Waals surface area contributed by atoms with E-state index in [4.69, 9.17) is 5.73 Å². The number of rotatable bonds is 5. The highest BCUT2D eigenvalue weighted by molar-refractivity contribution is 9.10. The predicted octanol–water partition coefficient (Wildman–Crippen LogP) is 1.68. The normalized spacial score (nSPS) is 13.7. The number of halogens is 1. The van der Waals surface area contributed by atoms with Crippen LogP contribution in [0.2, 0.25) is 0 Å². The van der Waals surface area contributed by atoms with Gasteiger partial charge in [-0.2, -0.15) is 0 Å². The molecule has 2 aromatic rings. The molecule has 7 nitrogen and oxygen atoms in total. The van der Waals surface area contributed by atoms with Crippen molar-refractivity contribution in [1.29, 1.82) is 0 Å². The fraction of sp³-hybridized carbons (Fsp3) is 0.250. The fourth-order valence-electron chi connectivity index (χ4n) is 2.75. The number of anilines is 2. The summed E-state index contributed by atoms with van der Waals surface area (Å²) in [6, 6.07) is 9.10. The number of sulfonamides is 1. The average molecular weight is 425 g/mol. The van der Waals surface area contributed by atoms with Crippen LogP contribution in [0.4, 0.5) is 11.5 Å². The van der Waals surface area contributed by atoms with Gasteiger partial charge in [0.1, 0.15) is 10.7 Å². The van der Waals surface area contributed by atoms with Crippen LogP contribution >= 0.6 is 15.9 Å². The third-order valence-corrected chi connectivity index (χ3v) is 5.88.